The van der Waals surface area contributed by atoms with Gasteiger partial charge in [-0.05, 0) is 43.9 Å². The van der Waals surface area contributed by atoms with Crippen LogP contribution in [0.1, 0.15) is 44.4 Å². The van der Waals surface area contributed by atoms with Crippen LogP contribution in [-0.2, 0) is 14.8 Å². The summed E-state index contributed by atoms with van der Waals surface area (Å²) in [5, 5.41) is 7.06. The zero-order valence-corrected chi connectivity index (χ0v) is 18.4. The van der Waals surface area contributed by atoms with Crippen LogP contribution in [0.3, 0.4) is 0 Å². The maximum Gasteiger partial charge on any atom is 0.244 e. The quantitative estimate of drug-likeness (QED) is 0.746. The Hall–Kier alpha value is -1.97. The number of halogens is 1. The number of benzene rings is 1. The first-order valence-electron chi connectivity index (χ1n) is 10.3. The molecule has 1 N–H and O–H groups in total. The van der Waals surface area contributed by atoms with E-state index in [-0.39, 0.29) is 34.3 Å². The monoisotopic (exact) mass is 452 g/mol. The van der Waals surface area contributed by atoms with Gasteiger partial charge in [-0.3, -0.25) is 4.79 Å². The lowest BCUT2D eigenvalue weighted by atomic mass is 9.98. The van der Waals surface area contributed by atoms with E-state index < -0.39 is 10.0 Å². The first kappa shape index (κ1) is 21.3. The topological polar surface area (TPSA) is 105 Å². The summed E-state index contributed by atoms with van der Waals surface area (Å²) in [7, 11) is -3.87. The van der Waals surface area contributed by atoms with Crippen molar-refractivity contribution in [1.82, 2.24) is 19.8 Å². The number of nitrogens with one attached hydrogen (secondary N) is 1. The highest BCUT2D eigenvalue weighted by molar-refractivity contribution is 7.89. The number of hydrogen-bond acceptors (Lipinski definition) is 6. The molecule has 0 radical (unpaired) electrons. The van der Waals surface area contributed by atoms with E-state index >= 15 is 0 Å². The molecule has 162 valence electrons. The van der Waals surface area contributed by atoms with Crippen LogP contribution in [0.5, 0.6) is 0 Å². The van der Waals surface area contributed by atoms with Crippen molar-refractivity contribution in [3.8, 4) is 11.4 Å². The molecular weight excluding hydrogens is 428 g/mol. The van der Waals surface area contributed by atoms with Crippen molar-refractivity contribution in [2.24, 2.45) is 5.92 Å². The van der Waals surface area contributed by atoms with Crippen LogP contribution in [0.15, 0.2) is 27.6 Å². The summed E-state index contributed by atoms with van der Waals surface area (Å²) in [6.45, 7) is 2.18. The lowest BCUT2D eigenvalue weighted by Crippen LogP contribution is -2.47. The van der Waals surface area contributed by atoms with Gasteiger partial charge in [-0.2, -0.15) is 9.29 Å². The van der Waals surface area contributed by atoms with Gasteiger partial charge in [0.2, 0.25) is 27.6 Å². The molecular formula is C20H25ClN4O4S. The van der Waals surface area contributed by atoms with Crippen LogP contribution in [-0.4, -0.2) is 47.9 Å². The predicted octanol–water partition coefficient (Wildman–Crippen LogP) is 3.16. The third-order valence-electron chi connectivity index (χ3n) is 5.79. The molecule has 0 bridgehead atoms. The fourth-order valence-electron chi connectivity index (χ4n) is 4.16. The molecule has 1 saturated carbocycles. The van der Waals surface area contributed by atoms with E-state index in [0.29, 0.717) is 36.7 Å². The Bertz CT molecular complexity index is 1030. The number of piperidine rings is 1. The van der Waals surface area contributed by atoms with E-state index in [9.17, 15) is 13.2 Å². The molecule has 1 amide bonds. The molecule has 1 aliphatic heterocycles. The van der Waals surface area contributed by atoms with E-state index in [1.165, 1.54) is 16.4 Å². The summed E-state index contributed by atoms with van der Waals surface area (Å²) in [5.41, 5.74) is 0.502. The highest BCUT2D eigenvalue weighted by Gasteiger charge is 2.35. The predicted molar refractivity (Wildman–Crippen MR) is 111 cm³/mol. The van der Waals surface area contributed by atoms with E-state index in [1.807, 2.05) is 0 Å². The molecule has 4 rings (SSSR count). The van der Waals surface area contributed by atoms with Gasteiger partial charge in [0.1, 0.15) is 4.90 Å². The van der Waals surface area contributed by atoms with Crippen molar-refractivity contribution in [3.63, 3.8) is 0 Å². The van der Waals surface area contributed by atoms with Crippen LogP contribution < -0.4 is 5.32 Å². The average molecular weight is 453 g/mol. The summed E-state index contributed by atoms with van der Waals surface area (Å²) in [6, 6.07) is 4.85. The Balaban J connectivity index is 1.54. The molecule has 2 heterocycles. The maximum atomic E-state index is 13.4. The first-order valence-corrected chi connectivity index (χ1v) is 12.1. The first-order chi connectivity index (χ1) is 14.3. The lowest BCUT2D eigenvalue weighted by molar-refractivity contribution is -0.126. The number of amides is 1. The average Bonchev–Trinajstić information content (AvgIpc) is 3.40. The minimum Gasteiger partial charge on any atom is -0.353 e. The van der Waals surface area contributed by atoms with Gasteiger partial charge in [0, 0.05) is 31.6 Å². The van der Waals surface area contributed by atoms with Gasteiger partial charge < -0.3 is 9.84 Å². The minimum atomic E-state index is -3.87. The number of carbonyl (C=O) groups is 1. The zero-order valence-electron chi connectivity index (χ0n) is 16.8. The molecule has 10 heteroatoms. The number of nitrogens with zero attached hydrogens (tertiary/aromatic N) is 3. The fraction of sp³-hybridized carbons (Fsp3) is 0.550. The number of rotatable bonds is 5. The SMILES string of the molecule is Cc1nc(-c2ccc(Cl)c(S(=O)(=O)N3CCC[C@H](C(=O)NC4CCCC4)C3)c2)no1. The summed E-state index contributed by atoms with van der Waals surface area (Å²) < 4.78 is 33.1. The Labute approximate surface area is 181 Å². The molecule has 1 aromatic carbocycles. The molecule has 8 nitrogen and oxygen atoms in total. The fourth-order valence-corrected chi connectivity index (χ4v) is 6.18. The molecule has 2 fully saturated rings. The van der Waals surface area contributed by atoms with Gasteiger partial charge in [-0.15, -0.1) is 0 Å². The van der Waals surface area contributed by atoms with Gasteiger partial charge in [0.25, 0.3) is 0 Å². The second-order valence-electron chi connectivity index (χ2n) is 7.97. The molecule has 2 aromatic rings. The Morgan fingerprint density at radius 1 is 1.23 bits per heavy atom. The molecule has 2 aliphatic rings. The van der Waals surface area contributed by atoms with Gasteiger partial charge in [-0.25, -0.2) is 8.42 Å². The minimum absolute atomic E-state index is 0.0130. The van der Waals surface area contributed by atoms with Gasteiger partial charge in [0.05, 0.1) is 10.9 Å². The number of sulfonamides is 1. The molecule has 1 saturated heterocycles. The van der Waals surface area contributed by atoms with Crippen molar-refractivity contribution < 1.29 is 17.7 Å². The smallest absolute Gasteiger partial charge is 0.244 e. The van der Waals surface area contributed by atoms with Crippen LogP contribution in [0.4, 0.5) is 0 Å². The molecule has 1 aromatic heterocycles. The second-order valence-corrected chi connectivity index (χ2v) is 10.3. The van der Waals surface area contributed by atoms with Crippen molar-refractivity contribution in [2.75, 3.05) is 13.1 Å². The lowest BCUT2D eigenvalue weighted by Gasteiger charge is -2.32. The molecule has 1 aliphatic carbocycles. The van der Waals surface area contributed by atoms with E-state index in [1.54, 1.807) is 13.0 Å². The highest BCUT2D eigenvalue weighted by atomic mass is 35.5. The van der Waals surface area contributed by atoms with Crippen LogP contribution in [0, 0.1) is 12.8 Å². The van der Waals surface area contributed by atoms with Crippen molar-refractivity contribution >= 4 is 27.5 Å². The van der Waals surface area contributed by atoms with Crippen molar-refractivity contribution in [3.05, 3.63) is 29.1 Å². The largest absolute Gasteiger partial charge is 0.353 e. The van der Waals surface area contributed by atoms with Crippen LogP contribution in [0.2, 0.25) is 5.02 Å². The Kier molecular flexibility index (Phi) is 6.13. The van der Waals surface area contributed by atoms with E-state index in [2.05, 4.69) is 15.5 Å². The highest BCUT2D eigenvalue weighted by Crippen LogP contribution is 2.31. The number of aryl methyl sites for hydroxylation is 1. The Morgan fingerprint density at radius 3 is 2.70 bits per heavy atom. The van der Waals surface area contributed by atoms with Gasteiger partial charge >= 0.3 is 0 Å². The van der Waals surface area contributed by atoms with E-state index in [0.717, 1.165) is 25.7 Å². The summed E-state index contributed by atoms with van der Waals surface area (Å²) in [6.07, 6.45) is 5.57. The Morgan fingerprint density at radius 2 is 2.00 bits per heavy atom. The van der Waals surface area contributed by atoms with Crippen molar-refractivity contribution in [1.29, 1.82) is 0 Å². The van der Waals surface area contributed by atoms with Crippen molar-refractivity contribution in [2.45, 2.75) is 56.4 Å². The second kappa shape index (κ2) is 8.64. The summed E-state index contributed by atoms with van der Waals surface area (Å²) >= 11 is 6.26. The summed E-state index contributed by atoms with van der Waals surface area (Å²) in [5.74, 6) is 0.282. The van der Waals surface area contributed by atoms with Crippen LogP contribution >= 0.6 is 11.6 Å². The molecule has 0 spiro atoms. The number of aromatic nitrogens is 2. The maximum absolute atomic E-state index is 13.4. The number of hydrogen-bond donors (Lipinski definition) is 1. The normalized spacial score (nSPS) is 21.1. The third-order valence-corrected chi connectivity index (χ3v) is 8.14. The van der Waals surface area contributed by atoms with E-state index in [4.69, 9.17) is 16.1 Å². The molecule has 0 unspecified atom stereocenters. The number of carbonyl (C=O) groups excluding carboxylic acids is 1. The third kappa shape index (κ3) is 4.38. The zero-order chi connectivity index (χ0) is 21.3. The molecule has 30 heavy (non-hydrogen) atoms. The van der Waals surface area contributed by atoms with Crippen LogP contribution in [0.25, 0.3) is 11.4 Å². The van der Waals surface area contributed by atoms with Gasteiger partial charge in [0.15, 0.2) is 0 Å². The standard InChI is InChI=1S/C20H25ClN4O4S/c1-13-22-19(24-29-13)14-8-9-17(21)18(11-14)30(27,28)25-10-4-5-15(12-25)20(26)23-16-6-2-3-7-16/h8-9,11,15-16H,2-7,10,12H2,1H3,(H,23,26)/t15-/m0/s1. The summed E-state index contributed by atoms with van der Waals surface area (Å²) in [4.78, 5) is 16.8. The molecule has 1 atom stereocenters. The van der Waals surface area contributed by atoms with Gasteiger partial charge in [-0.1, -0.05) is 29.6 Å².